The first-order valence-electron chi connectivity index (χ1n) is 5.77. The van der Waals surface area contributed by atoms with E-state index in [1.54, 1.807) is 0 Å². The Balaban J connectivity index is 2.03. The monoisotopic (exact) mass is 265 g/mol. The Kier molecular flexibility index (Phi) is 1.97. The molecule has 0 unspecified atom stereocenters. The molecule has 5 atom stereocenters. The zero-order valence-electron chi connectivity index (χ0n) is 9.58. The van der Waals surface area contributed by atoms with Gasteiger partial charge in [-0.15, -0.1) is 0 Å². The zero-order valence-corrected chi connectivity index (χ0v) is 9.58. The summed E-state index contributed by atoms with van der Waals surface area (Å²) in [5.41, 5.74) is 6.41. The largest absolute Gasteiger partial charge is 0.387 e. The molecule has 9 heteroatoms. The molecule has 2 bridgehead atoms. The third kappa shape index (κ3) is 1.20. The Bertz CT molecular complexity index is 673. The van der Waals surface area contributed by atoms with Crippen LogP contribution in [0.2, 0.25) is 0 Å². The average Bonchev–Trinajstić information content (AvgIpc) is 2.89. The Hall–Kier alpha value is -1.81. The van der Waals surface area contributed by atoms with Crippen molar-refractivity contribution in [2.75, 3.05) is 5.73 Å². The number of rotatable bonds is 0. The van der Waals surface area contributed by atoms with Crippen LogP contribution in [0.3, 0.4) is 0 Å². The molecule has 0 amide bonds. The smallest absolute Gasteiger partial charge is 0.167 e. The first kappa shape index (κ1) is 11.1. The molecule has 0 spiro atoms. The highest BCUT2D eigenvalue weighted by Crippen LogP contribution is 2.43. The van der Waals surface area contributed by atoms with Crippen molar-refractivity contribution in [1.29, 1.82) is 0 Å². The SMILES string of the molecule is Nc1ncnc2c1nc1n2[C@@H]2O[C@@H]([C@@H](O)[C@H]2O)[C@H]1O. The van der Waals surface area contributed by atoms with Crippen molar-refractivity contribution in [2.45, 2.75) is 30.6 Å². The first-order chi connectivity index (χ1) is 9.09. The van der Waals surface area contributed by atoms with E-state index in [1.165, 1.54) is 10.9 Å². The molecule has 4 heterocycles. The van der Waals surface area contributed by atoms with E-state index in [1.807, 2.05) is 0 Å². The molecule has 1 saturated heterocycles. The second-order valence-corrected chi connectivity index (χ2v) is 4.69. The van der Waals surface area contributed by atoms with Crippen LogP contribution >= 0.6 is 0 Å². The lowest BCUT2D eigenvalue weighted by Crippen LogP contribution is -2.34. The van der Waals surface area contributed by atoms with Gasteiger partial charge in [0.1, 0.15) is 36.6 Å². The van der Waals surface area contributed by atoms with E-state index >= 15 is 0 Å². The molecule has 19 heavy (non-hydrogen) atoms. The van der Waals surface area contributed by atoms with Crippen LogP contribution in [0.5, 0.6) is 0 Å². The van der Waals surface area contributed by atoms with Crippen molar-refractivity contribution in [1.82, 2.24) is 19.5 Å². The molecule has 2 aliphatic heterocycles. The summed E-state index contributed by atoms with van der Waals surface area (Å²) in [4.78, 5) is 12.1. The molecule has 2 aromatic rings. The molecule has 4 rings (SSSR count). The topological polar surface area (TPSA) is 140 Å². The third-order valence-corrected chi connectivity index (χ3v) is 3.64. The van der Waals surface area contributed by atoms with Crippen LogP contribution in [0.25, 0.3) is 11.2 Å². The molecule has 0 aromatic carbocycles. The Labute approximate surface area is 106 Å². The summed E-state index contributed by atoms with van der Waals surface area (Å²) in [6.45, 7) is 0. The quantitative estimate of drug-likeness (QED) is 0.432. The van der Waals surface area contributed by atoms with Crippen LogP contribution in [0.15, 0.2) is 6.33 Å². The number of aromatic nitrogens is 4. The van der Waals surface area contributed by atoms with E-state index in [0.717, 1.165) is 0 Å². The van der Waals surface area contributed by atoms with Crippen LogP contribution in [-0.2, 0) is 4.74 Å². The fourth-order valence-electron chi connectivity index (χ4n) is 2.71. The predicted octanol–water partition coefficient (Wildman–Crippen LogP) is -1.93. The molecule has 2 aromatic heterocycles. The van der Waals surface area contributed by atoms with Gasteiger partial charge in [0.25, 0.3) is 0 Å². The Morgan fingerprint density at radius 1 is 1.21 bits per heavy atom. The summed E-state index contributed by atoms with van der Waals surface area (Å²) in [5.74, 6) is 0.448. The normalized spacial score (nSPS) is 36.7. The predicted molar refractivity (Wildman–Crippen MR) is 60.6 cm³/mol. The van der Waals surface area contributed by atoms with Gasteiger partial charge in [-0.3, -0.25) is 4.57 Å². The van der Waals surface area contributed by atoms with Gasteiger partial charge in [-0.2, -0.15) is 0 Å². The van der Waals surface area contributed by atoms with Crippen LogP contribution in [-0.4, -0.2) is 53.2 Å². The highest BCUT2D eigenvalue weighted by Gasteiger charge is 2.53. The minimum absolute atomic E-state index is 0.185. The van der Waals surface area contributed by atoms with Crippen molar-refractivity contribution >= 4 is 17.0 Å². The number of aliphatic hydroxyl groups is 3. The van der Waals surface area contributed by atoms with E-state index in [0.29, 0.717) is 11.2 Å². The number of anilines is 1. The van der Waals surface area contributed by atoms with Crippen LogP contribution in [0, 0.1) is 0 Å². The van der Waals surface area contributed by atoms with Crippen LogP contribution in [0.4, 0.5) is 5.82 Å². The lowest BCUT2D eigenvalue weighted by atomic mass is 10.1. The number of imidazole rings is 1. The zero-order chi connectivity index (χ0) is 13.3. The lowest BCUT2D eigenvalue weighted by molar-refractivity contribution is -0.114. The van der Waals surface area contributed by atoms with Crippen molar-refractivity contribution in [3.05, 3.63) is 12.2 Å². The Morgan fingerprint density at radius 3 is 2.79 bits per heavy atom. The summed E-state index contributed by atoms with van der Waals surface area (Å²) in [7, 11) is 0. The number of nitrogens with zero attached hydrogens (tertiary/aromatic N) is 4. The molecule has 100 valence electrons. The maximum absolute atomic E-state index is 10.2. The minimum atomic E-state index is -1.17. The molecule has 0 saturated carbocycles. The molecule has 1 fully saturated rings. The number of ether oxygens (including phenoxy) is 1. The average molecular weight is 265 g/mol. The van der Waals surface area contributed by atoms with Gasteiger partial charge in [0.05, 0.1) is 0 Å². The summed E-state index contributed by atoms with van der Waals surface area (Å²) in [6.07, 6.45) is -3.96. The van der Waals surface area contributed by atoms with E-state index < -0.39 is 30.6 Å². The second kappa shape index (κ2) is 3.39. The molecular formula is C10H11N5O4. The standard InChI is InChI=1S/C10H11N5O4/c11-7-2-8(13-1-12-7)15-9(14-2)5(18)6-3(16)4(17)10(15)19-6/h1,3-6,10,16-18H,(H2,11,12,13)/t3-,4+,5+,6-,10+/m0/s1. The van der Waals surface area contributed by atoms with E-state index in [4.69, 9.17) is 10.5 Å². The number of hydrogen-bond donors (Lipinski definition) is 4. The fourth-order valence-corrected chi connectivity index (χ4v) is 2.71. The summed E-state index contributed by atoms with van der Waals surface area (Å²) in [6, 6.07) is 0. The summed E-state index contributed by atoms with van der Waals surface area (Å²) >= 11 is 0. The van der Waals surface area contributed by atoms with Crippen LogP contribution < -0.4 is 5.73 Å². The minimum Gasteiger partial charge on any atom is -0.387 e. The highest BCUT2D eigenvalue weighted by molar-refractivity contribution is 5.82. The summed E-state index contributed by atoms with van der Waals surface area (Å²) in [5, 5.41) is 30.0. The van der Waals surface area contributed by atoms with Gasteiger partial charge < -0.3 is 25.8 Å². The van der Waals surface area contributed by atoms with Gasteiger partial charge in [-0.25, -0.2) is 15.0 Å². The van der Waals surface area contributed by atoms with Crippen molar-refractivity contribution in [2.24, 2.45) is 0 Å². The lowest BCUT2D eigenvalue weighted by Gasteiger charge is -2.27. The van der Waals surface area contributed by atoms with E-state index in [9.17, 15) is 15.3 Å². The van der Waals surface area contributed by atoms with Gasteiger partial charge >= 0.3 is 0 Å². The van der Waals surface area contributed by atoms with Gasteiger partial charge in [0.2, 0.25) is 0 Å². The van der Waals surface area contributed by atoms with Crippen LogP contribution in [0.1, 0.15) is 18.2 Å². The van der Waals surface area contributed by atoms with Crippen molar-refractivity contribution in [3.63, 3.8) is 0 Å². The van der Waals surface area contributed by atoms with Crippen molar-refractivity contribution in [3.8, 4) is 0 Å². The van der Waals surface area contributed by atoms with Gasteiger partial charge in [0, 0.05) is 0 Å². The second-order valence-electron chi connectivity index (χ2n) is 4.69. The molecule has 2 aliphatic rings. The van der Waals surface area contributed by atoms with Crippen molar-refractivity contribution < 1.29 is 20.1 Å². The van der Waals surface area contributed by atoms with E-state index in [-0.39, 0.29) is 11.6 Å². The molecular weight excluding hydrogens is 254 g/mol. The van der Waals surface area contributed by atoms with E-state index in [2.05, 4.69) is 15.0 Å². The maximum Gasteiger partial charge on any atom is 0.167 e. The molecule has 0 aliphatic carbocycles. The van der Waals surface area contributed by atoms with Gasteiger partial charge in [-0.05, 0) is 0 Å². The van der Waals surface area contributed by atoms with Gasteiger partial charge in [0.15, 0.2) is 23.2 Å². The number of hydrogen-bond acceptors (Lipinski definition) is 8. The first-order valence-corrected chi connectivity index (χ1v) is 5.77. The summed E-state index contributed by atoms with van der Waals surface area (Å²) < 4.78 is 6.89. The fraction of sp³-hybridized carbons (Fsp3) is 0.500. The Morgan fingerprint density at radius 2 is 2.00 bits per heavy atom. The third-order valence-electron chi connectivity index (χ3n) is 3.64. The maximum atomic E-state index is 10.2. The van der Waals surface area contributed by atoms with Gasteiger partial charge in [-0.1, -0.05) is 0 Å². The number of fused-ring (bicyclic) bond motifs is 6. The number of aliphatic hydroxyl groups excluding tert-OH is 3. The molecule has 9 nitrogen and oxygen atoms in total. The number of nitrogens with two attached hydrogens (primary N) is 1. The molecule has 0 radical (unpaired) electrons. The molecule has 5 N–H and O–H groups in total. The number of nitrogen functional groups attached to an aromatic ring is 1. The highest BCUT2D eigenvalue weighted by atomic mass is 16.6.